The van der Waals surface area contributed by atoms with Gasteiger partial charge in [-0.3, -0.25) is 14.6 Å². The lowest BCUT2D eigenvalue weighted by molar-refractivity contribution is -0.143. The van der Waals surface area contributed by atoms with Crippen molar-refractivity contribution in [3.05, 3.63) is 52.5 Å². The van der Waals surface area contributed by atoms with Crippen LogP contribution in [0.5, 0.6) is 5.75 Å². The smallest absolute Gasteiger partial charge is 0.417 e. The van der Waals surface area contributed by atoms with Crippen LogP contribution >= 0.6 is 0 Å². The summed E-state index contributed by atoms with van der Waals surface area (Å²) in [4.78, 5) is 42.9. The summed E-state index contributed by atoms with van der Waals surface area (Å²) >= 11 is 0. The minimum absolute atomic E-state index is 0.0635. The maximum Gasteiger partial charge on any atom is 0.417 e. The fraction of sp³-hybridized carbons (Fsp3) is 0.348. The minimum Gasteiger partial charge on any atom is -0.493 e. The first-order valence-electron chi connectivity index (χ1n) is 10.7. The normalized spacial score (nSPS) is 18.2. The predicted octanol–water partition coefficient (Wildman–Crippen LogP) is 2.12. The number of aromatic amines is 1. The molecule has 1 fully saturated rings. The number of fused-ring (bicyclic) bond motifs is 2. The molecular formula is C23H24N4O5. The molecule has 1 atom stereocenters. The Balaban J connectivity index is 1.23. The molecule has 0 radical (unpaired) electrons. The zero-order chi connectivity index (χ0) is 22.2. The van der Waals surface area contributed by atoms with E-state index in [1.807, 2.05) is 6.07 Å². The summed E-state index contributed by atoms with van der Waals surface area (Å²) in [6.45, 7) is 4.36. The number of carbonyl (C=O) groups is 2. The SMILES string of the molecule is C[C@@H]1CN(C(=O)C(=O)Nc2ccc3[nH]c(=O)oc3c2)CCN1c1ccc2c(c1)CCCO2. The molecule has 3 aromatic rings. The molecule has 9 nitrogen and oxygen atoms in total. The van der Waals surface area contributed by atoms with E-state index in [9.17, 15) is 14.4 Å². The first kappa shape index (κ1) is 20.2. The van der Waals surface area contributed by atoms with E-state index in [0.717, 1.165) is 30.9 Å². The van der Waals surface area contributed by atoms with E-state index in [4.69, 9.17) is 9.15 Å². The number of aryl methyl sites for hydroxylation is 1. The molecule has 3 heterocycles. The zero-order valence-corrected chi connectivity index (χ0v) is 17.7. The molecule has 2 aromatic carbocycles. The molecule has 2 aliphatic heterocycles. The number of piperazine rings is 1. The van der Waals surface area contributed by atoms with Crippen LogP contribution in [0, 0.1) is 0 Å². The van der Waals surface area contributed by atoms with Crippen molar-refractivity contribution < 1.29 is 18.7 Å². The molecule has 9 heteroatoms. The first-order valence-corrected chi connectivity index (χ1v) is 10.7. The molecule has 166 valence electrons. The molecule has 0 saturated carbocycles. The van der Waals surface area contributed by atoms with Gasteiger partial charge in [-0.05, 0) is 55.7 Å². The van der Waals surface area contributed by atoms with Gasteiger partial charge >= 0.3 is 17.6 Å². The lowest BCUT2D eigenvalue weighted by Crippen LogP contribution is -2.55. The van der Waals surface area contributed by atoms with Crippen LogP contribution in [0.4, 0.5) is 11.4 Å². The standard InChI is InChI=1S/C23H24N4O5/c1-14-13-26(8-9-27(14)17-5-7-19-15(11-17)3-2-10-31-19)22(29)21(28)24-16-4-6-18-20(12-16)32-23(30)25-18/h4-7,11-12,14H,2-3,8-10,13H2,1H3,(H,24,28)(H,25,30)/t14-/m1/s1. The Morgan fingerprint density at radius 2 is 2.03 bits per heavy atom. The second kappa shape index (κ2) is 8.07. The fourth-order valence-electron chi connectivity index (χ4n) is 4.40. The Kier molecular flexibility index (Phi) is 5.08. The molecule has 2 amide bonds. The average molecular weight is 436 g/mol. The summed E-state index contributed by atoms with van der Waals surface area (Å²) in [6.07, 6.45) is 2.03. The van der Waals surface area contributed by atoms with Crippen molar-refractivity contribution >= 4 is 34.3 Å². The maximum absolute atomic E-state index is 12.7. The Morgan fingerprint density at radius 3 is 2.88 bits per heavy atom. The number of nitrogens with one attached hydrogen (secondary N) is 2. The molecular weight excluding hydrogens is 412 g/mol. The third-order valence-corrected chi connectivity index (χ3v) is 6.01. The van der Waals surface area contributed by atoms with Crippen LogP contribution in [-0.2, 0) is 16.0 Å². The zero-order valence-electron chi connectivity index (χ0n) is 17.7. The number of H-pyrrole nitrogens is 1. The number of anilines is 2. The van der Waals surface area contributed by atoms with Gasteiger partial charge in [0.15, 0.2) is 5.58 Å². The molecule has 32 heavy (non-hydrogen) atoms. The van der Waals surface area contributed by atoms with Crippen molar-refractivity contribution in [2.45, 2.75) is 25.8 Å². The van der Waals surface area contributed by atoms with Gasteiger partial charge in [0.1, 0.15) is 5.75 Å². The molecule has 5 rings (SSSR count). The molecule has 1 saturated heterocycles. The quantitative estimate of drug-likeness (QED) is 0.596. The van der Waals surface area contributed by atoms with Gasteiger partial charge in [0.2, 0.25) is 0 Å². The molecule has 0 unspecified atom stereocenters. The van der Waals surface area contributed by atoms with Gasteiger partial charge in [0, 0.05) is 43.1 Å². The summed E-state index contributed by atoms with van der Waals surface area (Å²) < 4.78 is 10.7. The summed E-state index contributed by atoms with van der Waals surface area (Å²) in [5, 5.41) is 2.60. The number of benzene rings is 2. The number of nitrogens with zero attached hydrogens (tertiary/aromatic N) is 2. The van der Waals surface area contributed by atoms with Gasteiger partial charge in [-0.25, -0.2) is 4.79 Å². The van der Waals surface area contributed by atoms with Crippen molar-refractivity contribution in [3.63, 3.8) is 0 Å². The monoisotopic (exact) mass is 436 g/mol. The predicted molar refractivity (Wildman–Crippen MR) is 119 cm³/mol. The molecule has 0 spiro atoms. The Hall–Kier alpha value is -3.75. The summed E-state index contributed by atoms with van der Waals surface area (Å²) in [5.41, 5.74) is 3.56. The van der Waals surface area contributed by atoms with Crippen molar-refractivity contribution in [3.8, 4) is 5.75 Å². The van der Waals surface area contributed by atoms with Crippen molar-refractivity contribution in [1.82, 2.24) is 9.88 Å². The highest BCUT2D eigenvalue weighted by Gasteiger charge is 2.30. The van der Waals surface area contributed by atoms with Crippen molar-refractivity contribution in [2.75, 3.05) is 36.5 Å². The van der Waals surface area contributed by atoms with Crippen LogP contribution in [0.1, 0.15) is 18.9 Å². The average Bonchev–Trinajstić information content (AvgIpc) is 3.17. The van der Waals surface area contributed by atoms with E-state index >= 15 is 0 Å². The Bertz CT molecular complexity index is 1250. The van der Waals surface area contributed by atoms with E-state index in [1.165, 1.54) is 11.6 Å². The van der Waals surface area contributed by atoms with Crippen LogP contribution in [0.3, 0.4) is 0 Å². The van der Waals surface area contributed by atoms with E-state index in [1.54, 1.807) is 17.0 Å². The summed E-state index contributed by atoms with van der Waals surface area (Å²) in [7, 11) is 0. The van der Waals surface area contributed by atoms with Gasteiger partial charge in [0.25, 0.3) is 0 Å². The van der Waals surface area contributed by atoms with E-state index < -0.39 is 17.6 Å². The number of rotatable bonds is 2. The first-order chi connectivity index (χ1) is 15.5. The third-order valence-electron chi connectivity index (χ3n) is 6.01. The molecule has 2 N–H and O–H groups in total. The van der Waals surface area contributed by atoms with E-state index in [2.05, 4.69) is 34.3 Å². The van der Waals surface area contributed by atoms with Crippen LogP contribution < -0.4 is 20.7 Å². The van der Waals surface area contributed by atoms with E-state index in [-0.39, 0.29) is 6.04 Å². The number of oxazole rings is 1. The number of ether oxygens (including phenoxy) is 1. The Morgan fingerprint density at radius 1 is 1.16 bits per heavy atom. The number of carbonyl (C=O) groups excluding carboxylic acids is 2. The Labute approximate surface area is 183 Å². The number of hydrogen-bond donors (Lipinski definition) is 2. The van der Waals surface area contributed by atoms with Crippen LogP contribution in [-0.4, -0.2) is 54.0 Å². The second-order valence-electron chi connectivity index (χ2n) is 8.22. The third kappa shape index (κ3) is 3.81. The molecule has 0 aliphatic carbocycles. The van der Waals surface area contributed by atoms with Crippen LogP contribution in [0.2, 0.25) is 0 Å². The molecule has 1 aromatic heterocycles. The van der Waals surface area contributed by atoms with Gasteiger partial charge in [0.05, 0.1) is 12.1 Å². The van der Waals surface area contributed by atoms with Gasteiger partial charge in [-0.2, -0.15) is 0 Å². The fourth-order valence-corrected chi connectivity index (χ4v) is 4.40. The largest absolute Gasteiger partial charge is 0.493 e. The minimum atomic E-state index is -0.714. The van der Waals surface area contributed by atoms with Gasteiger partial charge in [-0.1, -0.05) is 0 Å². The summed E-state index contributed by atoms with van der Waals surface area (Å²) in [5.74, 6) is -0.909. The lowest BCUT2D eigenvalue weighted by atomic mass is 10.0. The molecule has 2 aliphatic rings. The second-order valence-corrected chi connectivity index (χ2v) is 8.22. The number of hydrogen-bond acceptors (Lipinski definition) is 6. The topological polar surface area (TPSA) is 108 Å². The summed E-state index contributed by atoms with van der Waals surface area (Å²) in [6, 6.07) is 11.0. The number of aromatic nitrogens is 1. The maximum atomic E-state index is 12.7. The van der Waals surface area contributed by atoms with Crippen molar-refractivity contribution in [2.24, 2.45) is 0 Å². The van der Waals surface area contributed by atoms with Crippen LogP contribution in [0.25, 0.3) is 11.1 Å². The van der Waals surface area contributed by atoms with Gasteiger partial charge < -0.3 is 24.3 Å². The molecule has 0 bridgehead atoms. The number of amides is 2. The van der Waals surface area contributed by atoms with Crippen LogP contribution in [0.15, 0.2) is 45.6 Å². The highest BCUT2D eigenvalue weighted by atomic mass is 16.5. The van der Waals surface area contributed by atoms with Gasteiger partial charge in [-0.15, -0.1) is 0 Å². The van der Waals surface area contributed by atoms with Crippen molar-refractivity contribution in [1.29, 1.82) is 0 Å². The van der Waals surface area contributed by atoms with E-state index in [0.29, 0.717) is 36.4 Å². The lowest BCUT2D eigenvalue weighted by Gasteiger charge is -2.41. The highest BCUT2D eigenvalue weighted by Crippen LogP contribution is 2.31. The highest BCUT2D eigenvalue weighted by molar-refractivity contribution is 6.39.